The van der Waals surface area contributed by atoms with Crippen molar-refractivity contribution in [2.45, 2.75) is 19.8 Å². The number of carbonyl (C=O) groups is 1. The van der Waals surface area contributed by atoms with Gasteiger partial charge in [-0.2, -0.15) is 0 Å². The number of aliphatic carboxylic acids is 1. The lowest BCUT2D eigenvalue weighted by molar-refractivity contribution is -0.136. The van der Waals surface area contributed by atoms with E-state index in [2.05, 4.69) is 0 Å². The number of hydrogen-bond acceptors (Lipinski definition) is 1. The molecule has 0 amide bonds. The Morgan fingerprint density at radius 2 is 2.25 bits per heavy atom. The van der Waals surface area contributed by atoms with E-state index < -0.39 is 5.97 Å². The number of aryl methyl sites for hydroxylation is 3. The molecule has 0 bridgehead atoms. The van der Waals surface area contributed by atoms with E-state index in [9.17, 15) is 4.79 Å². The van der Waals surface area contributed by atoms with Crippen molar-refractivity contribution < 1.29 is 9.90 Å². The summed E-state index contributed by atoms with van der Waals surface area (Å²) in [5.41, 5.74) is 2.29. The van der Waals surface area contributed by atoms with E-state index in [4.69, 9.17) is 5.11 Å². The van der Waals surface area contributed by atoms with Gasteiger partial charge in [0.1, 0.15) is 0 Å². The predicted octanol–water partition coefficient (Wildman–Crippen LogP) is 1.35. The molecule has 1 rings (SSSR count). The highest BCUT2D eigenvalue weighted by Gasteiger charge is 2.03. The molecular formula is C9H13NO2. The second kappa shape index (κ2) is 3.43. The van der Waals surface area contributed by atoms with Gasteiger partial charge in [0.05, 0.1) is 0 Å². The molecule has 1 aromatic heterocycles. The van der Waals surface area contributed by atoms with E-state index in [1.807, 2.05) is 30.9 Å². The normalized spacial score (nSPS) is 10.2. The van der Waals surface area contributed by atoms with Crippen molar-refractivity contribution in [1.82, 2.24) is 4.57 Å². The van der Waals surface area contributed by atoms with Crippen LogP contribution in [0.15, 0.2) is 12.4 Å². The van der Waals surface area contributed by atoms with Crippen LogP contribution in [0.1, 0.15) is 17.5 Å². The van der Waals surface area contributed by atoms with E-state index in [1.165, 1.54) is 5.56 Å². The van der Waals surface area contributed by atoms with Crippen LogP contribution in [-0.2, 0) is 18.3 Å². The van der Waals surface area contributed by atoms with Crippen molar-refractivity contribution >= 4 is 5.97 Å². The van der Waals surface area contributed by atoms with Crippen LogP contribution >= 0.6 is 0 Å². The molecule has 0 aromatic carbocycles. The largest absolute Gasteiger partial charge is 0.481 e. The van der Waals surface area contributed by atoms with E-state index in [0.717, 1.165) is 5.56 Å². The van der Waals surface area contributed by atoms with Crippen LogP contribution in [0, 0.1) is 6.92 Å². The summed E-state index contributed by atoms with van der Waals surface area (Å²) in [5, 5.41) is 8.47. The summed E-state index contributed by atoms with van der Waals surface area (Å²) in [6.45, 7) is 2.00. The standard InChI is InChI=1S/C9H13NO2/c1-7-5-10(2)6-8(7)3-4-9(11)12/h5-6H,3-4H2,1-2H3,(H,11,12). The van der Waals surface area contributed by atoms with Crippen molar-refractivity contribution in [3.05, 3.63) is 23.5 Å². The molecule has 1 aromatic rings. The van der Waals surface area contributed by atoms with E-state index in [0.29, 0.717) is 6.42 Å². The number of aromatic nitrogens is 1. The molecular weight excluding hydrogens is 154 g/mol. The van der Waals surface area contributed by atoms with Crippen LogP contribution in [0.5, 0.6) is 0 Å². The van der Waals surface area contributed by atoms with Gasteiger partial charge in [0.25, 0.3) is 0 Å². The van der Waals surface area contributed by atoms with Gasteiger partial charge in [-0.1, -0.05) is 0 Å². The van der Waals surface area contributed by atoms with Crippen LogP contribution < -0.4 is 0 Å². The topological polar surface area (TPSA) is 42.2 Å². The first-order valence-corrected chi connectivity index (χ1v) is 3.93. The quantitative estimate of drug-likeness (QED) is 0.738. The summed E-state index contributed by atoms with van der Waals surface area (Å²) in [6.07, 6.45) is 4.81. The molecule has 3 nitrogen and oxygen atoms in total. The third kappa shape index (κ3) is 2.12. The lowest BCUT2D eigenvalue weighted by atomic mass is 10.1. The van der Waals surface area contributed by atoms with Crippen molar-refractivity contribution in [2.24, 2.45) is 7.05 Å². The second-order valence-corrected chi connectivity index (χ2v) is 3.03. The molecule has 0 aliphatic rings. The fraction of sp³-hybridized carbons (Fsp3) is 0.444. The smallest absolute Gasteiger partial charge is 0.303 e. The maximum atomic E-state index is 10.3. The summed E-state index contributed by atoms with van der Waals surface area (Å²) in [5.74, 6) is -0.738. The van der Waals surface area contributed by atoms with Gasteiger partial charge in [0.2, 0.25) is 0 Å². The first kappa shape index (κ1) is 8.84. The van der Waals surface area contributed by atoms with Crippen LogP contribution in [-0.4, -0.2) is 15.6 Å². The zero-order valence-corrected chi connectivity index (χ0v) is 7.37. The van der Waals surface area contributed by atoms with Gasteiger partial charge in [0.15, 0.2) is 0 Å². The fourth-order valence-corrected chi connectivity index (χ4v) is 1.28. The molecule has 0 fully saturated rings. The van der Waals surface area contributed by atoms with Crippen molar-refractivity contribution in [3.63, 3.8) is 0 Å². The Balaban J connectivity index is 2.62. The summed E-state index contributed by atoms with van der Waals surface area (Å²) in [4.78, 5) is 10.3. The predicted molar refractivity (Wildman–Crippen MR) is 46.1 cm³/mol. The number of hydrogen-bond donors (Lipinski definition) is 1. The van der Waals surface area contributed by atoms with Crippen molar-refractivity contribution in [1.29, 1.82) is 0 Å². The van der Waals surface area contributed by atoms with Gasteiger partial charge in [-0.15, -0.1) is 0 Å². The zero-order valence-electron chi connectivity index (χ0n) is 7.37. The van der Waals surface area contributed by atoms with Crippen molar-refractivity contribution in [3.8, 4) is 0 Å². The number of carboxylic acids is 1. The molecule has 0 radical (unpaired) electrons. The van der Waals surface area contributed by atoms with Crippen LogP contribution in [0.2, 0.25) is 0 Å². The van der Waals surface area contributed by atoms with Gasteiger partial charge < -0.3 is 9.67 Å². The minimum Gasteiger partial charge on any atom is -0.481 e. The SMILES string of the molecule is Cc1cn(C)cc1CCC(=O)O. The highest BCUT2D eigenvalue weighted by molar-refractivity contribution is 5.67. The summed E-state index contributed by atoms with van der Waals surface area (Å²) in [6, 6.07) is 0. The van der Waals surface area contributed by atoms with E-state index in [1.54, 1.807) is 0 Å². The summed E-state index contributed by atoms with van der Waals surface area (Å²) >= 11 is 0. The Morgan fingerprint density at radius 3 is 2.67 bits per heavy atom. The van der Waals surface area contributed by atoms with Gasteiger partial charge in [-0.05, 0) is 24.5 Å². The molecule has 0 aliphatic carbocycles. The Bertz CT molecular complexity index is 289. The fourth-order valence-electron chi connectivity index (χ4n) is 1.28. The number of nitrogens with zero attached hydrogens (tertiary/aromatic N) is 1. The molecule has 1 N–H and O–H groups in total. The molecule has 66 valence electrons. The lowest BCUT2D eigenvalue weighted by Gasteiger charge is -1.94. The monoisotopic (exact) mass is 167 g/mol. The molecule has 0 atom stereocenters. The molecule has 0 saturated heterocycles. The first-order chi connectivity index (χ1) is 5.59. The maximum Gasteiger partial charge on any atom is 0.303 e. The molecule has 0 aliphatic heterocycles. The second-order valence-electron chi connectivity index (χ2n) is 3.03. The van der Waals surface area contributed by atoms with Gasteiger partial charge in [0, 0.05) is 25.9 Å². The minimum absolute atomic E-state index is 0.213. The van der Waals surface area contributed by atoms with Crippen molar-refractivity contribution in [2.75, 3.05) is 0 Å². The molecule has 0 unspecified atom stereocenters. The summed E-state index contributed by atoms with van der Waals surface area (Å²) < 4.78 is 1.95. The Labute approximate surface area is 71.6 Å². The molecule has 1 heterocycles. The minimum atomic E-state index is -0.738. The third-order valence-electron chi connectivity index (χ3n) is 1.87. The first-order valence-electron chi connectivity index (χ1n) is 3.93. The Hall–Kier alpha value is -1.25. The zero-order chi connectivity index (χ0) is 9.14. The van der Waals surface area contributed by atoms with E-state index in [-0.39, 0.29) is 6.42 Å². The molecule has 3 heteroatoms. The van der Waals surface area contributed by atoms with Crippen LogP contribution in [0.3, 0.4) is 0 Å². The van der Waals surface area contributed by atoms with E-state index >= 15 is 0 Å². The van der Waals surface area contributed by atoms with Gasteiger partial charge in [-0.25, -0.2) is 0 Å². The van der Waals surface area contributed by atoms with Gasteiger partial charge >= 0.3 is 5.97 Å². The average Bonchev–Trinajstić information content (AvgIpc) is 2.26. The average molecular weight is 167 g/mol. The highest BCUT2D eigenvalue weighted by atomic mass is 16.4. The summed E-state index contributed by atoms with van der Waals surface area (Å²) in [7, 11) is 1.94. The van der Waals surface area contributed by atoms with Crippen LogP contribution in [0.4, 0.5) is 0 Å². The number of rotatable bonds is 3. The molecule has 0 saturated carbocycles. The molecule has 12 heavy (non-hydrogen) atoms. The third-order valence-corrected chi connectivity index (χ3v) is 1.87. The molecule has 0 spiro atoms. The maximum absolute atomic E-state index is 10.3. The Kier molecular flexibility index (Phi) is 2.53. The van der Waals surface area contributed by atoms with Crippen LogP contribution in [0.25, 0.3) is 0 Å². The van der Waals surface area contributed by atoms with Gasteiger partial charge in [-0.3, -0.25) is 4.79 Å². The lowest BCUT2D eigenvalue weighted by Crippen LogP contribution is -1.97. The Morgan fingerprint density at radius 1 is 1.58 bits per heavy atom. The highest BCUT2D eigenvalue weighted by Crippen LogP contribution is 2.10. The number of carboxylic acid groups (broad SMARTS) is 1.